The molecule has 108 heavy (non-hydrogen) atoms. The Morgan fingerprint density at radius 2 is 0.769 bits per heavy atom. The number of nitrogens with zero attached hydrogens (tertiary/aromatic N) is 5. The number of carboxylic acid groups (broad SMARTS) is 2. The Morgan fingerprint density at radius 3 is 1.12 bits per heavy atom. The van der Waals surface area contributed by atoms with Gasteiger partial charge < -0.3 is 24.7 Å². The summed E-state index contributed by atoms with van der Waals surface area (Å²) in [4.78, 5) is 88.5. The van der Waals surface area contributed by atoms with E-state index in [1.54, 1.807) is 36.7 Å². The summed E-state index contributed by atoms with van der Waals surface area (Å²) in [6.07, 6.45) is -5.51. The Bertz CT molecular complexity index is 5640. The molecule has 6 heterocycles. The fraction of sp³-hybridized carbons (Fsp3) is 0.182. The number of carbonyl (C=O) groups is 6. The number of rotatable bonds is 12. The zero-order valence-corrected chi connectivity index (χ0v) is 57.9. The number of halogens is 15. The van der Waals surface area contributed by atoms with E-state index in [-0.39, 0.29) is 142 Å². The van der Waals surface area contributed by atoms with Crippen molar-refractivity contribution in [3.63, 3.8) is 0 Å². The largest absolute Gasteiger partial charge is 0.478 e. The van der Waals surface area contributed by atoms with E-state index in [1.807, 2.05) is 6.07 Å². The minimum absolute atomic E-state index is 0.00545. The van der Waals surface area contributed by atoms with Gasteiger partial charge >= 0.3 is 42.4 Å². The first-order valence-electron chi connectivity index (χ1n) is 32.2. The zero-order chi connectivity index (χ0) is 77.9. The number of carboxylic acids is 2. The third-order valence-corrected chi connectivity index (χ3v) is 19.9. The first kappa shape index (κ1) is 76.3. The summed E-state index contributed by atoms with van der Waals surface area (Å²) in [5.41, 5.74) is -4.03. The van der Waals surface area contributed by atoms with Gasteiger partial charge in [-0.3, -0.25) is 33.7 Å². The Labute approximate surface area is 617 Å². The van der Waals surface area contributed by atoms with Crippen molar-refractivity contribution in [3.05, 3.63) is 265 Å². The van der Waals surface area contributed by atoms with Crippen LogP contribution < -0.4 is 0 Å². The van der Waals surface area contributed by atoms with Crippen molar-refractivity contribution in [2.75, 3.05) is 14.2 Å². The van der Waals surface area contributed by atoms with Crippen LogP contribution in [0, 0.1) is 17.5 Å². The third kappa shape index (κ3) is 14.0. The summed E-state index contributed by atoms with van der Waals surface area (Å²) in [7, 11) is 2.43. The number of aromatic carboxylic acids is 2. The molecule has 16 nitrogen and oxygen atoms in total. The zero-order valence-electron chi connectivity index (χ0n) is 55.6. The van der Waals surface area contributed by atoms with Crippen LogP contribution in [0.2, 0.25) is 15.1 Å². The lowest BCUT2D eigenvalue weighted by Gasteiger charge is -2.23. The van der Waals surface area contributed by atoms with E-state index in [0.717, 1.165) is 26.8 Å². The van der Waals surface area contributed by atoms with Crippen LogP contribution in [-0.4, -0.2) is 108 Å². The standard InChI is InChI=1S/C26H17ClF4N2O3.C25H15ClF4N2O3.C15H11FN2O2.C11H8ClF3O2/c1-36-24(35)14-7-8-15(19(28)12-14)16-13-33(20-6-3-11-32-22(16)20)23(34)21-17(4-2-5-18(21)27)25(9-10-25)26(29,30)31;26-17-4-1-3-16(24(8-9-24)25(28,29)30)20(17)22(33)32-12-15(21-19(32)5-2-10-31-21)14-7-6-13(23(34)35)11-18(14)27;1-20-15(19)9-4-5-10(12(16)7-9)11-8-18-13-3-2-6-17-14(11)13;12-7-3-1-2-6(8(7)9(16)17)10(4-5-10)11(13,14)15/h2-8,11-13H,9-10H2,1H3;1-7,10-12H,8-9H2,(H,34,35);2-8,18H,1H3;1-3H,4-5H2,(H,16,17). The van der Waals surface area contributed by atoms with Gasteiger partial charge in [0.25, 0.3) is 11.8 Å². The second-order valence-corrected chi connectivity index (χ2v) is 26.4. The Hall–Kier alpha value is -11.4. The predicted octanol–water partition coefficient (Wildman–Crippen LogP) is 19.8. The van der Waals surface area contributed by atoms with Gasteiger partial charge in [0.2, 0.25) is 0 Å². The molecule has 0 radical (unpaired) electrons. The van der Waals surface area contributed by atoms with E-state index in [0.29, 0.717) is 16.6 Å². The molecule has 12 aromatic rings. The van der Waals surface area contributed by atoms with Gasteiger partial charge in [-0.15, -0.1) is 0 Å². The average molecular weight is 1550 g/mol. The molecule has 3 aliphatic rings. The minimum Gasteiger partial charge on any atom is -0.478 e. The highest BCUT2D eigenvalue weighted by molar-refractivity contribution is 6.35. The maximum absolute atomic E-state index is 15.0. The molecule has 3 N–H and O–H groups in total. The van der Waals surface area contributed by atoms with Gasteiger partial charge in [-0.05, 0) is 146 Å². The molecule has 0 unspecified atom stereocenters. The first-order valence-corrected chi connectivity index (χ1v) is 33.3. The van der Waals surface area contributed by atoms with E-state index >= 15 is 4.39 Å². The number of aromatic amines is 1. The summed E-state index contributed by atoms with van der Waals surface area (Å²) in [5, 5.41) is 17.6. The molecule has 0 saturated heterocycles. The molecule has 0 spiro atoms. The molecule has 0 aliphatic heterocycles. The number of aromatic nitrogens is 6. The normalized spacial score (nSPS) is 14.5. The third-order valence-electron chi connectivity index (χ3n) is 19.0. The molecule has 3 saturated carbocycles. The lowest BCUT2D eigenvalue weighted by atomic mass is 9.90. The number of ether oxygens (including phenoxy) is 2. The topological polar surface area (TPSA) is 226 Å². The van der Waals surface area contributed by atoms with Gasteiger partial charge in [0, 0.05) is 70.6 Å². The van der Waals surface area contributed by atoms with Crippen LogP contribution in [0.15, 0.2) is 183 Å². The molecule has 6 aromatic heterocycles. The van der Waals surface area contributed by atoms with Crippen LogP contribution in [0.4, 0.5) is 52.7 Å². The van der Waals surface area contributed by atoms with Crippen LogP contribution in [0.3, 0.4) is 0 Å². The molecule has 3 fully saturated rings. The van der Waals surface area contributed by atoms with Crippen molar-refractivity contribution in [2.45, 2.75) is 73.3 Å². The van der Waals surface area contributed by atoms with Crippen molar-refractivity contribution in [1.82, 2.24) is 29.1 Å². The summed E-state index contributed by atoms with van der Waals surface area (Å²) in [5.74, 6) is -7.72. The number of benzene rings is 6. The number of hydrogen-bond acceptors (Lipinski definition) is 11. The SMILES string of the molecule is COC(=O)c1ccc(-c2c[nH]c3cccnc23)c(F)c1.COC(=O)c1ccc(-c2cn(C(=O)c3c(Cl)cccc3C3(C(F)(F)F)CC3)c3cccnc23)c(F)c1.O=C(O)c1c(Cl)cccc1C1(C(F)(F)F)CC1.O=C(O)c1ccc(-c2cn(C(=O)c3c(Cl)cccc3C3(C(F)(F)F)CC3)c3cccnc23)c(F)c1. The molecule has 6 aromatic carbocycles. The number of alkyl halides is 9. The number of nitrogens with one attached hydrogen (secondary N) is 1. The Balaban J connectivity index is 0.000000141. The van der Waals surface area contributed by atoms with E-state index < -0.39 is 93.5 Å². The fourth-order valence-electron chi connectivity index (χ4n) is 13.0. The maximum atomic E-state index is 15.0. The van der Waals surface area contributed by atoms with E-state index in [9.17, 15) is 77.1 Å². The van der Waals surface area contributed by atoms with Crippen molar-refractivity contribution < 1.29 is 101 Å². The van der Waals surface area contributed by atoms with Crippen molar-refractivity contribution >= 4 is 104 Å². The summed E-state index contributed by atoms with van der Waals surface area (Å²) in [6.45, 7) is 0. The number of H-pyrrole nitrogens is 1. The van der Waals surface area contributed by atoms with Gasteiger partial charge in [-0.1, -0.05) is 89.4 Å². The van der Waals surface area contributed by atoms with Crippen LogP contribution in [0.5, 0.6) is 0 Å². The molecule has 0 amide bonds. The van der Waals surface area contributed by atoms with Gasteiger partial charge in [0.15, 0.2) is 0 Å². The fourth-order valence-corrected chi connectivity index (χ4v) is 13.7. The number of fused-ring (bicyclic) bond motifs is 3. The summed E-state index contributed by atoms with van der Waals surface area (Å²) >= 11 is 18.2. The molecule has 15 rings (SSSR count). The number of hydrogen-bond donors (Lipinski definition) is 3. The van der Waals surface area contributed by atoms with Gasteiger partial charge in [0.05, 0.1) is 112 Å². The number of methoxy groups -OCH3 is 2. The highest BCUT2D eigenvalue weighted by Crippen LogP contribution is 2.63. The van der Waals surface area contributed by atoms with Gasteiger partial charge in [-0.25, -0.2) is 32.3 Å². The van der Waals surface area contributed by atoms with Crippen LogP contribution in [0.1, 0.15) is 117 Å². The van der Waals surface area contributed by atoms with Crippen LogP contribution in [0.25, 0.3) is 66.5 Å². The highest BCUT2D eigenvalue weighted by Gasteiger charge is 2.67. The Kier molecular flexibility index (Phi) is 20.5. The lowest BCUT2D eigenvalue weighted by Crippen LogP contribution is -2.31. The summed E-state index contributed by atoms with van der Waals surface area (Å²) in [6, 6.07) is 32.9. The summed E-state index contributed by atoms with van der Waals surface area (Å²) < 4.78 is 178. The molecule has 554 valence electrons. The van der Waals surface area contributed by atoms with E-state index in [1.165, 1.54) is 142 Å². The van der Waals surface area contributed by atoms with Crippen LogP contribution in [-0.2, 0) is 25.7 Å². The second kappa shape index (κ2) is 29.1. The number of pyridine rings is 3. The first-order chi connectivity index (χ1) is 51.1. The minimum atomic E-state index is -4.56. The number of carbonyl (C=O) groups excluding carboxylic acids is 4. The van der Waals surface area contributed by atoms with E-state index in [2.05, 4.69) is 29.4 Å². The molecular formula is C77H51Cl3F12N6O10. The molecule has 0 atom stereocenters. The molecule has 3 aliphatic carbocycles. The highest BCUT2D eigenvalue weighted by atomic mass is 35.5. The van der Waals surface area contributed by atoms with Gasteiger partial charge in [-0.2, -0.15) is 39.5 Å². The molecular weight excluding hydrogens is 1500 g/mol. The van der Waals surface area contributed by atoms with Gasteiger partial charge in [0.1, 0.15) is 17.5 Å². The predicted molar refractivity (Wildman–Crippen MR) is 373 cm³/mol. The van der Waals surface area contributed by atoms with Crippen molar-refractivity contribution in [1.29, 1.82) is 0 Å². The molecule has 0 bridgehead atoms. The van der Waals surface area contributed by atoms with Crippen LogP contribution >= 0.6 is 34.8 Å². The quantitative estimate of drug-likeness (QED) is 0.0765. The monoisotopic (exact) mass is 1550 g/mol. The smallest absolute Gasteiger partial charge is 0.398 e. The second-order valence-electron chi connectivity index (χ2n) is 25.2. The average Bonchev–Trinajstić information content (AvgIpc) is 1.57. The van der Waals surface area contributed by atoms with E-state index in [4.69, 9.17) is 45.0 Å². The van der Waals surface area contributed by atoms with Crippen molar-refractivity contribution in [2.24, 2.45) is 0 Å². The Morgan fingerprint density at radius 1 is 0.426 bits per heavy atom. The van der Waals surface area contributed by atoms with Crippen molar-refractivity contribution in [3.8, 4) is 33.4 Å². The maximum Gasteiger partial charge on any atom is 0.398 e. The lowest BCUT2D eigenvalue weighted by molar-refractivity contribution is -0.161. The number of esters is 2. The molecule has 31 heteroatoms.